The second-order valence-electron chi connectivity index (χ2n) is 5.49. The maximum Gasteiger partial charge on any atom is 0.310 e. The van der Waals surface area contributed by atoms with Gasteiger partial charge >= 0.3 is 5.97 Å². The van der Waals surface area contributed by atoms with Crippen LogP contribution in [0.15, 0.2) is 48.5 Å². The number of rotatable bonds is 7. The summed E-state index contributed by atoms with van der Waals surface area (Å²) >= 11 is 5.93. The van der Waals surface area contributed by atoms with E-state index in [1.807, 2.05) is 37.3 Å². The minimum atomic E-state index is -0.525. The first kappa shape index (κ1) is 18.8. The molecule has 2 aromatic carbocycles. The van der Waals surface area contributed by atoms with Gasteiger partial charge in [-0.3, -0.25) is 9.59 Å². The summed E-state index contributed by atoms with van der Waals surface area (Å²) in [6, 6.07) is 14.4. The Morgan fingerprint density at radius 3 is 2.56 bits per heavy atom. The van der Waals surface area contributed by atoms with Crippen molar-refractivity contribution in [3.63, 3.8) is 0 Å². The molecule has 0 bridgehead atoms. The number of esters is 1. The average Bonchev–Trinajstić information content (AvgIpc) is 2.61. The van der Waals surface area contributed by atoms with Crippen molar-refractivity contribution < 1.29 is 19.1 Å². The molecule has 0 spiro atoms. The first-order valence-electron chi connectivity index (χ1n) is 7.82. The van der Waals surface area contributed by atoms with Crippen molar-refractivity contribution in [1.29, 1.82) is 0 Å². The third kappa shape index (κ3) is 5.80. The molecular formula is C19H20ClNO4. The van der Waals surface area contributed by atoms with Crippen LogP contribution in [0.25, 0.3) is 0 Å². The van der Waals surface area contributed by atoms with E-state index < -0.39 is 5.97 Å². The summed E-state index contributed by atoms with van der Waals surface area (Å²) in [7, 11) is 1.51. The largest absolute Gasteiger partial charge is 0.496 e. The van der Waals surface area contributed by atoms with E-state index in [1.165, 1.54) is 7.11 Å². The first-order valence-corrected chi connectivity index (χ1v) is 8.19. The van der Waals surface area contributed by atoms with Gasteiger partial charge in [0.15, 0.2) is 6.61 Å². The fourth-order valence-electron chi connectivity index (χ4n) is 2.35. The summed E-state index contributed by atoms with van der Waals surface area (Å²) in [5, 5.41) is 3.28. The highest BCUT2D eigenvalue weighted by Crippen LogP contribution is 2.23. The van der Waals surface area contributed by atoms with Gasteiger partial charge in [0.1, 0.15) is 5.75 Å². The predicted molar refractivity (Wildman–Crippen MR) is 95.7 cm³/mol. The van der Waals surface area contributed by atoms with E-state index >= 15 is 0 Å². The third-order valence-corrected chi connectivity index (χ3v) is 3.85. The maximum absolute atomic E-state index is 12.0. The van der Waals surface area contributed by atoms with Gasteiger partial charge in [-0.05, 0) is 30.7 Å². The summed E-state index contributed by atoms with van der Waals surface area (Å²) in [6.45, 7) is 1.53. The minimum Gasteiger partial charge on any atom is -0.496 e. The molecule has 2 rings (SSSR count). The Labute approximate surface area is 151 Å². The van der Waals surface area contributed by atoms with Gasteiger partial charge in [0.05, 0.1) is 19.6 Å². The predicted octanol–water partition coefficient (Wildman–Crippen LogP) is 3.31. The zero-order valence-corrected chi connectivity index (χ0v) is 14.9. The number of ether oxygens (including phenoxy) is 2. The molecule has 0 aliphatic carbocycles. The Kier molecular flexibility index (Phi) is 6.83. The minimum absolute atomic E-state index is 0.0226. The smallest absolute Gasteiger partial charge is 0.310 e. The molecule has 0 unspecified atom stereocenters. The van der Waals surface area contributed by atoms with Gasteiger partial charge in [-0.15, -0.1) is 0 Å². The highest BCUT2D eigenvalue weighted by molar-refractivity contribution is 6.30. The summed E-state index contributed by atoms with van der Waals surface area (Å²) in [6.07, 6.45) is -0.0226. The van der Waals surface area contributed by atoms with Crippen LogP contribution in [0.2, 0.25) is 5.02 Å². The van der Waals surface area contributed by atoms with Gasteiger partial charge in [-0.2, -0.15) is 0 Å². The van der Waals surface area contributed by atoms with E-state index in [-0.39, 0.29) is 25.0 Å². The molecule has 1 atom stereocenters. The summed E-state index contributed by atoms with van der Waals surface area (Å²) in [5.74, 6) is -0.339. The number of benzene rings is 2. The number of carbonyl (C=O) groups excluding carboxylic acids is 2. The third-order valence-electron chi connectivity index (χ3n) is 3.62. The van der Waals surface area contributed by atoms with Crippen molar-refractivity contribution in [3.8, 4) is 5.75 Å². The highest BCUT2D eigenvalue weighted by Gasteiger charge is 2.14. The van der Waals surface area contributed by atoms with Crippen LogP contribution in [0.1, 0.15) is 24.1 Å². The second-order valence-corrected chi connectivity index (χ2v) is 5.93. The van der Waals surface area contributed by atoms with Crippen molar-refractivity contribution in [2.45, 2.75) is 19.4 Å². The quantitative estimate of drug-likeness (QED) is 0.768. The lowest BCUT2D eigenvalue weighted by molar-refractivity contribution is -0.148. The molecule has 0 heterocycles. The van der Waals surface area contributed by atoms with Crippen molar-refractivity contribution in [2.24, 2.45) is 0 Å². The highest BCUT2D eigenvalue weighted by atomic mass is 35.5. The average molecular weight is 362 g/mol. The summed E-state index contributed by atoms with van der Waals surface area (Å²) in [4.78, 5) is 23.9. The molecular weight excluding hydrogens is 342 g/mol. The van der Waals surface area contributed by atoms with Crippen LogP contribution < -0.4 is 10.1 Å². The van der Waals surface area contributed by atoms with Crippen LogP contribution in [0, 0.1) is 0 Å². The SMILES string of the molecule is COc1ccc(Cl)cc1CC(=O)OCC(=O)N[C@@H](C)c1ccccc1. The molecule has 5 nitrogen and oxygen atoms in total. The monoisotopic (exact) mass is 361 g/mol. The van der Waals surface area contributed by atoms with E-state index in [0.29, 0.717) is 16.3 Å². The molecule has 0 saturated heterocycles. The van der Waals surface area contributed by atoms with Crippen LogP contribution in [-0.2, 0) is 20.7 Å². The molecule has 0 fully saturated rings. The van der Waals surface area contributed by atoms with Crippen molar-refractivity contribution in [3.05, 3.63) is 64.7 Å². The molecule has 0 radical (unpaired) electrons. The topological polar surface area (TPSA) is 64.6 Å². The van der Waals surface area contributed by atoms with Gasteiger partial charge in [-0.1, -0.05) is 41.9 Å². The Balaban J connectivity index is 1.83. The Bertz CT molecular complexity index is 733. The number of halogens is 1. The molecule has 0 aromatic heterocycles. The standard InChI is InChI=1S/C19H20ClNO4/c1-13(14-6-4-3-5-7-14)21-18(22)12-25-19(23)11-15-10-16(20)8-9-17(15)24-2/h3-10,13H,11-12H2,1-2H3,(H,21,22)/t13-/m0/s1. The molecule has 1 amide bonds. The van der Waals surface area contributed by atoms with Crippen LogP contribution in [-0.4, -0.2) is 25.6 Å². The van der Waals surface area contributed by atoms with Gasteiger partial charge in [0.2, 0.25) is 0 Å². The van der Waals surface area contributed by atoms with E-state index in [4.69, 9.17) is 21.1 Å². The zero-order valence-electron chi connectivity index (χ0n) is 14.1. The molecule has 25 heavy (non-hydrogen) atoms. The maximum atomic E-state index is 12.0. The fourth-order valence-corrected chi connectivity index (χ4v) is 2.54. The van der Waals surface area contributed by atoms with Crippen LogP contribution in [0.3, 0.4) is 0 Å². The number of amides is 1. The lowest BCUT2D eigenvalue weighted by Crippen LogP contribution is -2.31. The second kappa shape index (κ2) is 9.08. The Hall–Kier alpha value is -2.53. The molecule has 1 N–H and O–H groups in total. The molecule has 132 valence electrons. The van der Waals surface area contributed by atoms with Gasteiger partial charge in [-0.25, -0.2) is 0 Å². The van der Waals surface area contributed by atoms with Crippen LogP contribution in [0.5, 0.6) is 5.75 Å². The molecule has 6 heteroatoms. The molecule has 0 aliphatic rings. The number of hydrogen-bond acceptors (Lipinski definition) is 4. The van der Waals surface area contributed by atoms with Crippen molar-refractivity contribution >= 4 is 23.5 Å². The van der Waals surface area contributed by atoms with Crippen molar-refractivity contribution in [1.82, 2.24) is 5.32 Å². The van der Waals surface area contributed by atoms with Crippen LogP contribution >= 0.6 is 11.6 Å². The van der Waals surface area contributed by atoms with E-state index in [9.17, 15) is 9.59 Å². The Morgan fingerprint density at radius 1 is 1.16 bits per heavy atom. The van der Waals surface area contributed by atoms with E-state index in [0.717, 1.165) is 5.56 Å². The number of hydrogen-bond donors (Lipinski definition) is 1. The van der Waals surface area contributed by atoms with Gasteiger partial charge in [0.25, 0.3) is 5.91 Å². The Morgan fingerprint density at radius 2 is 1.88 bits per heavy atom. The molecule has 2 aromatic rings. The van der Waals surface area contributed by atoms with E-state index in [2.05, 4.69) is 5.32 Å². The summed E-state index contributed by atoms with van der Waals surface area (Å²) in [5.41, 5.74) is 1.59. The number of methoxy groups -OCH3 is 1. The lowest BCUT2D eigenvalue weighted by Gasteiger charge is -2.14. The number of nitrogens with one attached hydrogen (secondary N) is 1. The normalized spacial score (nSPS) is 11.5. The fraction of sp³-hybridized carbons (Fsp3) is 0.263. The molecule has 0 aliphatic heterocycles. The van der Waals surface area contributed by atoms with Crippen molar-refractivity contribution in [2.75, 3.05) is 13.7 Å². The van der Waals surface area contributed by atoms with Gasteiger partial charge < -0.3 is 14.8 Å². The van der Waals surface area contributed by atoms with Crippen LogP contribution in [0.4, 0.5) is 0 Å². The first-order chi connectivity index (χ1) is 12.0. The van der Waals surface area contributed by atoms with E-state index in [1.54, 1.807) is 18.2 Å². The van der Waals surface area contributed by atoms with Gasteiger partial charge in [0, 0.05) is 10.6 Å². The summed E-state index contributed by atoms with van der Waals surface area (Å²) < 4.78 is 10.2. The molecule has 0 saturated carbocycles. The zero-order chi connectivity index (χ0) is 18.2. The lowest BCUT2D eigenvalue weighted by atomic mass is 10.1. The number of carbonyl (C=O) groups is 2.